The van der Waals surface area contributed by atoms with E-state index in [9.17, 15) is 0 Å². The summed E-state index contributed by atoms with van der Waals surface area (Å²) in [5.41, 5.74) is 2.95. The molecule has 0 amide bonds. The van der Waals surface area contributed by atoms with Crippen molar-refractivity contribution >= 4 is 11.3 Å². The van der Waals surface area contributed by atoms with Crippen molar-refractivity contribution < 1.29 is 9.84 Å². The molecule has 0 spiro atoms. The number of aromatic nitrogens is 2. The summed E-state index contributed by atoms with van der Waals surface area (Å²) in [6.07, 6.45) is 2.25. The number of quaternary nitrogens is 1. The Kier molecular flexibility index (Phi) is 3.29. The molecule has 2 N–H and O–H groups in total. The third-order valence-electron chi connectivity index (χ3n) is 3.92. The summed E-state index contributed by atoms with van der Waals surface area (Å²) in [4.78, 5) is 5.52. The van der Waals surface area contributed by atoms with Crippen LogP contribution in [0.25, 0.3) is 10.7 Å². The summed E-state index contributed by atoms with van der Waals surface area (Å²) in [6.45, 7) is 0.747. The largest absolute Gasteiger partial charge is 0.335 e. The first-order chi connectivity index (χ1) is 10.4. The van der Waals surface area contributed by atoms with Gasteiger partial charge in [0.15, 0.2) is 6.54 Å². The topological polar surface area (TPSA) is 55.5 Å². The van der Waals surface area contributed by atoms with E-state index in [0.717, 1.165) is 24.3 Å². The molecule has 0 radical (unpaired) electrons. The molecule has 0 atom stereocenters. The molecule has 0 saturated carbocycles. The van der Waals surface area contributed by atoms with Gasteiger partial charge in [0.05, 0.1) is 10.9 Å². The third kappa shape index (κ3) is 2.62. The van der Waals surface area contributed by atoms with Crippen molar-refractivity contribution in [3.05, 3.63) is 58.8 Å². The Morgan fingerprint density at radius 3 is 2.67 bits per heavy atom. The molecule has 4 rings (SSSR count). The van der Waals surface area contributed by atoms with Crippen LogP contribution in [0.3, 0.4) is 0 Å². The molecule has 0 saturated heterocycles. The Hall–Kier alpha value is -1.98. The first-order valence-corrected chi connectivity index (χ1v) is 8.03. The molecule has 0 bridgehead atoms. The second-order valence-corrected chi connectivity index (χ2v) is 6.31. The molecule has 2 heterocycles. The van der Waals surface area contributed by atoms with Crippen LogP contribution in [0.5, 0.6) is 0 Å². The van der Waals surface area contributed by atoms with Crippen molar-refractivity contribution in [1.29, 1.82) is 0 Å². The van der Waals surface area contributed by atoms with Gasteiger partial charge >= 0.3 is 0 Å². The summed E-state index contributed by atoms with van der Waals surface area (Å²) >= 11 is 1.63. The molecular formula is C16H16N3OS+. The van der Waals surface area contributed by atoms with E-state index in [1.807, 2.05) is 17.5 Å². The van der Waals surface area contributed by atoms with Gasteiger partial charge in [-0.3, -0.25) is 0 Å². The molecule has 1 aromatic carbocycles. The van der Waals surface area contributed by atoms with Crippen LogP contribution in [0.15, 0.2) is 46.3 Å². The highest BCUT2D eigenvalue weighted by Gasteiger charge is 2.24. The van der Waals surface area contributed by atoms with Gasteiger partial charge in [-0.1, -0.05) is 35.5 Å². The number of nitrogens with zero attached hydrogens (tertiary/aromatic N) is 2. The van der Waals surface area contributed by atoms with E-state index < -0.39 is 0 Å². The molecule has 3 aromatic rings. The maximum Gasteiger partial charge on any atom is 0.282 e. The second-order valence-electron chi connectivity index (χ2n) is 5.37. The van der Waals surface area contributed by atoms with Crippen LogP contribution >= 0.6 is 11.3 Å². The fourth-order valence-corrected chi connectivity index (χ4v) is 3.52. The van der Waals surface area contributed by atoms with E-state index in [0.29, 0.717) is 17.8 Å². The average molecular weight is 298 g/mol. The lowest BCUT2D eigenvalue weighted by atomic mass is 10.1. The minimum Gasteiger partial charge on any atom is -0.335 e. The Morgan fingerprint density at radius 2 is 1.95 bits per heavy atom. The molecule has 0 fully saturated rings. The van der Waals surface area contributed by atoms with Crippen molar-refractivity contribution in [1.82, 2.24) is 10.1 Å². The zero-order valence-corrected chi connectivity index (χ0v) is 12.3. The molecule has 2 aromatic heterocycles. The summed E-state index contributed by atoms with van der Waals surface area (Å²) in [7, 11) is 0. The third-order valence-corrected chi connectivity index (χ3v) is 4.78. The number of thiophene rings is 1. The van der Waals surface area contributed by atoms with Gasteiger partial charge in [-0.05, 0) is 22.6 Å². The zero-order chi connectivity index (χ0) is 14.1. The van der Waals surface area contributed by atoms with Gasteiger partial charge in [-0.25, -0.2) is 0 Å². The SMILES string of the molecule is c1csc(-c2noc(C[NH2+]C3Cc4ccccc4C3)n2)c1. The Bertz CT molecular complexity index is 711. The van der Waals surface area contributed by atoms with Crippen molar-refractivity contribution in [2.75, 3.05) is 0 Å². The van der Waals surface area contributed by atoms with Gasteiger partial charge in [0.25, 0.3) is 5.89 Å². The maximum absolute atomic E-state index is 5.34. The summed E-state index contributed by atoms with van der Waals surface area (Å²) in [6, 6.07) is 13.3. The fraction of sp³-hybridized carbons (Fsp3) is 0.250. The van der Waals surface area contributed by atoms with Crippen molar-refractivity contribution in [2.45, 2.75) is 25.4 Å². The minimum atomic E-state index is 0.583. The standard InChI is InChI=1S/C16H15N3OS/c1-2-5-12-9-13(8-11(12)4-1)17-10-15-18-16(19-20-15)14-6-3-7-21-14/h1-7,13,17H,8-10H2/p+1. The number of fused-ring (bicyclic) bond motifs is 1. The fourth-order valence-electron chi connectivity index (χ4n) is 2.87. The predicted molar refractivity (Wildman–Crippen MR) is 80.9 cm³/mol. The molecule has 1 aliphatic carbocycles. The van der Waals surface area contributed by atoms with Crippen LogP contribution in [0.2, 0.25) is 0 Å². The molecule has 106 valence electrons. The number of hydrogen-bond donors (Lipinski definition) is 1. The van der Waals surface area contributed by atoms with Crippen LogP contribution in [0, 0.1) is 0 Å². The molecule has 5 heteroatoms. The predicted octanol–water partition coefficient (Wildman–Crippen LogP) is 2.03. The van der Waals surface area contributed by atoms with E-state index in [1.165, 1.54) is 11.1 Å². The first-order valence-electron chi connectivity index (χ1n) is 7.15. The van der Waals surface area contributed by atoms with Crippen LogP contribution < -0.4 is 5.32 Å². The Morgan fingerprint density at radius 1 is 1.14 bits per heavy atom. The highest BCUT2D eigenvalue weighted by Crippen LogP contribution is 2.21. The first kappa shape index (κ1) is 12.7. The molecular weight excluding hydrogens is 282 g/mol. The molecule has 21 heavy (non-hydrogen) atoms. The Balaban J connectivity index is 1.38. The van der Waals surface area contributed by atoms with Crippen molar-refractivity contribution in [3.8, 4) is 10.7 Å². The summed E-state index contributed by atoms with van der Waals surface area (Å²) < 4.78 is 5.34. The van der Waals surface area contributed by atoms with E-state index in [4.69, 9.17) is 4.52 Å². The number of hydrogen-bond acceptors (Lipinski definition) is 4. The highest BCUT2D eigenvalue weighted by atomic mass is 32.1. The van der Waals surface area contributed by atoms with E-state index >= 15 is 0 Å². The number of rotatable bonds is 4. The average Bonchev–Trinajstić information content (AvgIpc) is 3.23. The lowest BCUT2D eigenvalue weighted by Crippen LogP contribution is -2.89. The normalized spacial score (nSPS) is 14.5. The van der Waals surface area contributed by atoms with Gasteiger partial charge < -0.3 is 9.84 Å². The lowest BCUT2D eigenvalue weighted by molar-refractivity contribution is -0.704. The summed E-state index contributed by atoms with van der Waals surface area (Å²) in [5, 5.41) is 8.38. The lowest BCUT2D eigenvalue weighted by Gasteiger charge is -2.05. The van der Waals surface area contributed by atoms with Gasteiger partial charge in [0.1, 0.15) is 0 Å². The van der Waals surface area contributed by atoms with Gasteiger partial charge in [0.2, 0.25) is 5.82 Å². The van der Waals surface area contributed by atoms with E-state index in [-0.39, 0.29) is 0 Å². The minimum absolute atomic E-state index is 0.583. The smallest absolute Gasteiger partial charge is 0.282 e. The number of nitrogens with two attached hydrogens (primary N) is 1. The monoisotopic (exact) mass is 298 g/mol. The van der Waals surface area contributed by atoms with Gasteiger partial charge in [0, 0.05) is 12.8 Å². The van der Waals surface area contributed by atoms with Gasteiger partial charge in [-0.15, -0.1) is 11.3 Å². The molecule has 4 nitrogen and oxygen atoms in total. The van der Waals surface area contributed by atoms with Crippen LogP contribution in [0.1, 0.15) is 17.0 Å². The van der Waals surface area contributed by atoms with Crippen LogP contribution in [0.4, 0.5) is 0 Å². The van der Waals surface area contributed by atoms with E-state index in [2.05, 4.69) is 39.7 Å². The summed E-state index contributed by atoms with van der Waals surface area (Å²) in [5.74, 6) is 1.40. The second kappa shape index (κ2) is 5.42. The van der Waals surface area contributed by atoms with Crippen LogP contribution in [-0.2, 0) is 19.4 Å². The quantitative estimate of drug-likeness (QED) is 0.802. The highest BCUT2D eigenvalue weighted by molar-refractivity contribution is 7.13. The van der Waals surface area contributed by atoms with Crippen LogP contribution in [-0.4, -0.2) is 16.2 Å². The zero-order valence-electron chi connectivity index (χ0n) is 11.5. The maximum atomic E-state index is 5.34. The van der Waals surface area contributed by atoms with E-state index in [1.54, 1.807) is 11.3 Å². The van der Waals surface area contributed by atoms with Crippen molar-refractivity contribution in [2.24, 2.45) is 0 Å². The van der Waals surface area contributed by atoms with Gasteiger partial charge in [-0.2, -0.15) is 4.98 Å². The molecule has 0 aliphatic heterocycles. The van der Waals surface area contributed by atoms with Crippen molar-refractivity contribution in [3.63, 3.8) is 0 Å². The molecule has 1 aliphatic rings. The number of benzene rings is 1. The molecule has 0 unspecified atom stereocenters. The Labute approximate surface area is 126 Å².